The van der Waals surface area contributed by atoms with Crippen LogP contribution < -0.4 is 24.1 Å². The van der Waals surface area contributed by atoms with Crippen molar-refractivity contribution >= 4 is 6.47 Å². The summed E-state index contributed by atoms with van der Waals surface area (Å²) in [5.41, 5.74) is 0. The summed E-state index contributed by atoms with van der Waals surface area (Å²) in [5.74, 6) is 0. The minimum Gasteiger partial charge on any atom is -0.662 e. The van der Waals surface area contributed by atoms with Crippen molar-refractivity contribution in [3.63, 3.8) is 0 Å². The molecular formula is CHLiO3. The van der Waals surface area contributed by atoms with Gasteiger partial charge in [0.15, 0.2) is 0 Å². The Morgan fingerprint density at radius 2 is 2.00 bits per heavy atom. The maximum absolute atomic E-state index is 8.64. The van der Waals surface area contributed by atoms with Gasteiger partial charge in [-0.25, -0.2) is 0 Å². The molecule has 0 saturated heterocycles. The first-order chi connectivity index (χ1) is 1.91. The normalized spacial score (nSPS) is 4.20. The summed E-state index contributed by atoms with van der Waals surface area (Å²) in [6.07, 6.45) is 0. The summed E-state index contributed by atoms with van der Waals surface area (Å²) in [4.78, 5) is 11.2. The van der Waals surface area contributed by atoms with E-state index >= 15 is 0 Å². The van der Waals surface area contributed by atoms with E-state index in [4.69, 9.17) is 10.1 Å². The Bertz CT molecular complexity index is 20.9. The average molecular weight is 68.0 g/mol. The van der Waals surface area contributed by atoms with Crippen LogP contribution >= 0.6 is 0 Å². The Hall–Kier alpha value is 0.0274. The van der Waals surface area contributed by atoms with Crippen molar-refractivity contribution < 1.29 is 33.8 Å². The van der Waals surface area contributed by atoms with Gasteiger partial charge >= 0.3 is 18.9 Å². The Morgan fingerprint density at radius 3 is 2.00 bits per heavy atom. The second kappa shape index (κ2) is 8.98. The maximum atomic E-state index is 8.64. The van der Waals surface area contributed by atoms with Crippen LogP contribution in [0.25, 0.3) is 0 Å². The molecule has 0 unspecified atom stereocenters. The molecule has 0 radical (unpaired) electrons. The predicted molar refractivity (Wildman–Crippen MR) is 7.15 cm³/mol. The molecule has 3 nitrogen and oxygen atoms in total. The third-order valence-electron chi connectivity index (χ3n) is 0.0393. The van der Waals surface area contributed by atoms with Gasteiger partial charge in [0.2, 0.25) is 0 Å². The maximum Gasteiger partial charge on any atom is 1.00 e. The fourth-order valence-electron chi connectivity index (χ4n) is 0. The summed E-state index contributed by atoms with van der Waals surface area (Å²) in [6, 6.07) is 0. The minimum absolute atomic E-state index is 0. The van der Waals surface area contributed by atoms with Crippen molar-refractivity contribution in [1.29, 1.82) is 0 Å². The van der Waals surface area contributed by atoms with Crippen LogP contribution in [0.5, 0.6) is 0 Å². The van der Waals surface area contributed by atoms with Crippen LogP contribution in [0.2, 0.25) is 0 Å². The van der Waals surface area contributed by atoms with Crippen molar-refractivity contribution in [3.8, 4) is 0 Å². The van der Waals surface area contributed by atoms with E-state index < -0.39 is 0 Å². The molecule has 0 aliphatic rings. The van der Waals surface area contributed by atoms with E-state index in [1.807, 2.05) is 0 Å². The Labute approximate surface area is 41.0 Å². The van der Waals surface area contributed by atoms with Crippen LogP contribution in [-0.2, 0) is 9.68 Å². The van der Waals surface area contributed by atoms with E-state index in [0.29, 0.717) is 0 Å². The average Bonchev–Trinajstić information content (AvgIpc) is 1.37. The molecule has 0 atom stereocenters. The van der Waals surface area contributed by atoms with Crippen molar-refractivity contribution in [2.75, 3.05) is 0 Å². The van der Waals surface area contributed by atoms with Gasteiger partial charge in [-0.3, -0.25) is 4.79 Å². The van der Waals surface area contributed by atoms with E-state index in [2.05, 4.69) is 4.89 Å². The molecule has 24 valence electrons. The van der Waals surface area contributed by atoms with Crippen molar-refractivity contribution in [1.82, 2.24) is 0 Å². The first-order valence-electron chi connectivity index (χ1n) is 0.638. The topological polar surface area (TPSA) is 49.4 Å². The first-order valence-corrected chi connectivity index (χ1v) is 0.638. The quantitative estimate of drug-likeness (QED) is 0.134. The van der Waals surface area contributed by atoms with Crippen LogP contribution in [-0.4, -0.2) is 6.47 Å². The van der Waals surface area contributed by atoms with Crippen LogP contribution in [0.15, 0.2) is 0 Å². The SMILES string of the molecule is O=CO[O-].[Li+]. The van der Waals surface area contributed by atoms with Gasteiger partial charge in [-0.05, 0) is 0 Å². The molecule has 0 spiro atoms. The summed E-state index contributed by atoms with van der Waals surface area (Å²) in [5, 5.41) is 8.43. The molecule has 0 rings (SSSR count). The van der Waals surface area contributed by atoms with Gasteiger partial charge in [-0.2, -0.15) is 0 Å². The number of hydrogen-bond donors (Lipinski definition) is 0. The van der Waals surface area contributed by atoms with Gasteiger partial charge in [-0.15, -0.1) is 0 Å². The molecule has 0 aromatic carbocycles. The molecule has 0 bridgehead atoms. The Morgan fingerprint density at radius 1 is 1.80 bits per heavy atom. The smallest absolute Gasteiger partial charge is 0.662 e. The number of rotatable bonds is 1. The van der Waals surface area contributed by atoms with Crippen molar-refractivity contribution in [3.05, 3.63) is 0 Å². The monoisotopic (exact) mass is 68.0 g/mol. The van der Waals surface area contributed by atoms with Crippen LogP contribution in [0, 0.1) is 0 Å². The van der Waals surface area contributed by atoms with Gasteiger partial charge in [0.05, 0.1) is 0 Å². The van der Waals surface area contributed by atoms with Gasteiger partial charge < -0.3 is 10.1 Å². The first kappa shape index (κ1) is 8.90. The summed E-state index contributed by atoms with van der Waals surface area (Å²) in [7, 11) is 0. The fraction of sp³-hybridized carbons (Fsp3) is 0. The van der Waals surface area contributed by atoms with Crippen molar-refractivity contribution in [2.24, 2.45) is 0 Å². The van der Waals surface area contributed by atoms with Crippen LogP contribution in [0.3, 0.4) is 0 Å². The standard InChI is InChI=1S/CH2O3.Li/c2-1-4-3;/h1,3H;/q;+1/p-1. The molecule has 0 aromatic heterocycles. The number of carbonyl (C=O) groups excluding carboxylic acids is 1. The second-order valence-corrected chi connectivity index (χ2v) is 0.192. The molecule has 5 heavy (non-hydrogen) atoms. The predicted octanol–water partition coefficient (Wildman–Crippen LogP) is -4.56. The third-order valence-corrected chi connectivity index (χ3v) is 0.0393. The third kappa shape index (κ3) is 15.7. The number of carbonyl (C=O) groups is 1. The summed E-state index contributed by atoms with van der Waals surface area (Å²) in [6.45, 7) is -0.181. The van der Waals surface area contributed by atoms with E-state index in [0.717, 1.165) is 0 Å². The van der Waals surface area contributed by atoms with Gasteiger partial charge in [0.1, 0.15) is 0 Å². The molecular weight excluding hydrogens is 66.9 g/mol. The van der Waals surface area contributed by atoms with E-state index in [1.54, 1.807) is 0 Å². The zero-order valence-corrected chi connectivity index (χ0v) is 2.80. The molecule has 0 heterocycles. The molecule has 0 aliphatic carbocycles. The Balaban J connectivity index is 0. The molecule has 0 fully saturated rings. The molecule has 0 aromatic rings. The van der Waals surface area contributed by atoms with E-state index in [1.165, 1.54) is 0 Å². The summed E-state index contributed by atoms with van der Waals surface area (Å²) < 4.78 is 0. The second-order valence-electron chi connectivity index (χ2n) is 0.192. The van der Waals surface area contributed by atoms with Crippen molar-refractivity contribution in [2.45, 2.75) is 0 Å². The van der Waals surface area contributed by atoms with E-state index in [-0.39, 0.29) is 25.3 Å². The van der Waals surface area contributed by atoms with Gasteiger partial charge in [0.25, 0.3) is 6.47 Å². The zero-order chi connectivity index (χ0) is 3.41. The molecule has 4 heteroatoms. The largest absolute Gasteiger partial charge is 1.00 e. The van der Waals surface area contributed by atoms with Crippen LogP contribution in [0.1, 0.15) is 0 Å². The molecule has 0 amide bonds. The summed E-state index contributed by atoms with van der Waals surface area (Å²) >= 11 is 0. The minimum atomic E-state index is -0.181. The zero-order valence-electron chi connectivity index (χ0n) is 2.80. The molecule has 0 aliphatic heterocycles. The fourth-order valence-corrected chi connectivity index (χ4v) is 0. The van der Waals surface area contributed by atoms with Crippen LogP contribution in [0.4, 0.5) is 0 Å². The van der Waals surface area contributed by atoms with Gasteiger partial charge in [-0.1, -0.05) is 0 Å². The Kier molecular flexibility index (Phi) is 16.0. The molecule has 0 saturated carbocycles. The molecule has 0 N–H and O–H groups in total. The van der Waals surface area contributed by atoms with E-state index in [9.17, 15) is 0 Å². The number of hydrogen-bond acceptors (Lipinski definition) is 3. The van der Waals surface area contributed by atoms with Gasteiger partial charge in [0, 0.05) is 0 Å².